The fraction of sp³-hybridized carbons (Fsp3) is 0.500. The molecule has 49 heavy (non-hydrogen) atoms. The number of aliphatic imine (C=N–C) groups is 1. The first-order chi connectivity index (χ1) is 23.0. The zero-order valence-electron chi connectivity index (χ0n) is 27.2. The van der Waals surface area contributed by atoms with E-state index in [9.17, 15) is 43.5 Å². The Morgan fingerprint density at radius 3 is 1.88 bits per heavy atom. The molecular formula is C30H45N9O10. The summed E-state index contributed by atoms with van der Waals surface area (Å²) >= 11 is 0. The summed E-state index contributed by atoms with van der Waals surface area (Å²) in [6, 6.07) is 0.799. The third-order valence-electron chi connectivity index (χ3n) is 6.83. The van der Waals surface area contributed by atoms with Crippen LogP contribution >= 0.6 is 0 Å². The van der Waals surface area contributed by atoms with Crippen LogP contribution in [0.5, 0.6) is 0 Å². The summed E-state index contributed by atoms with van der Waals surface area (Å²) in [7, 11) is 0. The lowest BCUT2D eigenvalue weighted by Crippen LogP contribution is -2.59. The quantitative estimate of drug-likeness (QED) is 0.0246. The van der Waals surface area contributed by atoms with Crippen LogP contribution < -0.4 is 43.8 Å². The molecule has 13 N–H and O–H groups in total. The van der Waals surface area contributed by atoms with Gasteiger partial charge in [-0.2, -0.15) is 0 Å². The number of nitrogens with two attached hydrogens (primary N) is 3. The zero-order chi connectivity index (χ0) is 37.1. The number of aliphatic carboxylic acids is 2. The van der Waals surface area contributed by atoms with Crippen molar-refractivity contribution in [3.63, 3.8) is 0 Å². The molecule has 0 aliphatic rings. The van der Waals surface area contributed by atoms with Gasteiger partial charge in [-0.25, -0.2) is 0 Å². The minimum atomic E-state index is -1.51. The van der Waals surface area contributed by atoms with Gasteiger partial charge in [0.15, 0.2) is 5.96 Å². The molecule has 270 valence electrons. The molecule has 0 aromatic heterocycles. The smallest absolute Gasteiger partial charge is 0.305 e. The maximum Gasteiger partial charge on any atom is 0.305 e. The molecule has 1 aromatic rings. The normalized spacial score (nSPS) is 14.3. The van der Waals surface area contributed by atoms with Crippen LogP contribution in [-0.4, -0.2) is 107 Å². The third kappa shape index (κ3) is 16.7. The monoisotopic (exact) mass is 691 g/mol. The SMILES string of the molecule is C[C@H](NC(=O)[C@@H](N)CC(=O)O)C(=O)N[C@@H](CCC(=O)O)C(=O)N[C@@H](Cc1ccccc1)C(=O)N[C@@H](CCCN=C(N)N)C(=O)N[C@@H](C)C=O. The van der Waals surface area contributed by atoms with Gasteiger partial charge < -0.3 is 58.8 Å². The van der Waals surface area contributed by atoms with E-state index < -0.39 is 97.0 Å². The molecule has 19 nitrogen and oxygen atoms in total. The van der Waals surface area contributed by atoms with Gasteiger partial charge in [-0.3, -0.25) is 38.6 Å². The molecule has 0 aliphatic carbocycles. The molecule has 0 bridgehead atoms. The van der Waals surface area contributed by atoms with Crippen LogP contribution in [0.2, 0.25) is 0 Å². The minimum absolute atomic E-state index is 0.0446. The van der Waals surface area contributed by atoms with Gasteiger partial charge in [-0.1, -0.05) is 30.3 Å². The number of amides is 5. The number of nitrogens with zero attached hydrogens (tertiary/aromatic N) is 1. The summed E-state index contributed by atoms with van der Waals surface area (Å²) in [5.74, 6) is -7.12. The van der Waals surface area contributed by atoms with Crippen LogP contribution in [0.25, 0.3) is 0 Å². The van der Waals surface area contributed by atoms with Crippen molar-refractivity contribution in [2.45, 2.75) is 88.6 Å². The molecule has 6 atom stereocenters. The second kappa shape index (κ2) is 21.3. The highest BCUT2D eigenvalue weighted by molar-refractivity contribution is 5.96. The number of carboxylic acid groups (broad SMARTS) is 2. The van der Waals surface area contributed by atoms with E-state index in [0.29, 0.717) is 11.8 Å². The summed E-state index contributed by atoms with van der Waals surface area (Å²) < 4.78 is 0. The van der Waals surface area contributed by atoms with Gasteiger partial charge in [0.05, 0.1) is 18.5 Å². The Morgan fingerprint density at radius 1 is 0.755 bits per heavy atom. The van der Waals surface area contributed by atoms with Crippen LogP contribution in [0.1, 0.15) is 51.5 Å². The van der Waals surface area contributed by atoms with E-state index in [2.05, 4.69) is 31.6 Å². The molecule has 0 aliphatic heterocycles. The van der Waals surface area contributed by atoms with E-state index >= 15 is 0 Å². The van der Waals surface area contributed by atoms with Gasteiger partial charge in [-0.05, 0) is 38.7 Å². The average molecular weight is 692 g/mol. The molecule has 0 saturated heterocycles. The van der Waals surface area contributed by atoms with E-state index in [0.717, 1.165) is 0 Å². The second-order valence-electron chi connectivity index (χ2n) is 11.1. The number of carboxylic acids is 2. The molecule has 5 amide bonds. The topological polar surface area (TPSA) is 328 Å². The van der Waals surface area contributed by atoms with E-state index in [-0.39, 0.29) is 31.8 Å². The van der Waals surface area contributed by atoms with Gasteiger partial charge >= 0.3 is 11.9 Å². The maximum atomic E-state index is 13.6. The van der Waals surface area contributed by atoms with E-state index in [1.165, 1.54) is 13.8 Å². The minimum Gasteiger partial charge on any atom is -0.481 e. The van der Waals surface area contributed by atoms with Gasteiger partial charge in [-0.15, -0.1) is 0 Å². The second-order valence-corrected chi connectivity index (χ2v) is 11.1. The van der Waals surface area contributed by atoms with Crippen molar-refractivity contribution >= 4 is 53.7 Å². The number of benzene rings is 1. The highest BCUT2D eigenvalue weighted by Crippen LogP contribution is 2.08. The number of guanidine groups is 1. The predicted octanol–water partition coefficient (Wildman–Crippen LogP) is -3.39. The highest BCUT2D eigenvalue weighted by Gasteiger charge is 2.31. The molecule has 1 rings (SSSR count). The van der Waals surface area contributed by atoms with Crippen molar-refractivity contribution in [3.05, 3.63) is 35.9 Å². The number of carbonyl (C=O) groups excluding carboxylic acids is 6. The van der Waals surface area contributed by atoms with Gasteiger partial charge in [0.2, 0.25) is 29.5 Å². The number of hydrogen-bond acceptors (Lipinski definition) is 10. The molecular weight excluding hydrogens is 646 g/mol. The molecule has 0 fully saturated rings. The zero-order valence-corrected chi connectivity index (χ0v) is 27.2. The lowest BCUT2D eigenvalue weighted by atomic mass is 10.0. The molecule has 0 saturated carbocycles. The summed E-state index contributed by atoms with van der Waals surface area (Å²) in [6.45, 7) is 2.80. The summed E-state index contributed by atoms with van der Waals surface area (Å²) in [5.41, 5.74) is 16.8. The molecule has 0 spiro atoms. The first-order valence-corrected chi connectivity index (χ1v) is 15.3. The van der Waals surface area contributed by atoms with Gasteiger partial charge in [0.1, 0.15) is 30.5 Å². The Hall–Kier alpha value is -5.59. The molecule has 0 unspecified atom stereocenters. The first kappa shape index (κ1) is 41.4. The third-order valence-corrected chi connectivity index (χ3v) is 6.83. The number of carbonyl (C=O) groups is 8. The number of rotatable bonds is 22. The Morgan fingerprint density at radius 2 is 1.31 bits per heavy atom. The fourth-order valence-electron chi connectivity index (χ4n) is 4.24. The van der Waals surface area contributed by atoms with Crippen LogP contribution in [-0.2, 0) is 44.8 Å². The summed E-state index contributed by atoms with van der Waals surface area (Å²) in [6.07, 6.45) is -0.973. The largest absolute Gasteiger partial charge is 0.481 e. The first-order valence-electron chi connectivity index (χ1n) is 15.3. The predicted molar refractivity (Wildman–Crippen MR) is 174 cm³/mol. The van der Waals surface area contributed by atoms with Crippen molar-refractivity contribution < 1.29 is 48.6 Å². The van der Waals surface area contributed by atoms with Gasteiger partial charge in [0.25, 0.3) is 0 Å². The molecule has 0 heterocycles. The average Bonchev–Trinajstić information content (AvgIpc) is 3.03. The number of nitrogens with one attached hydrogen (secondary N) is 5. The van der Waals surface area contributed by atoms with E-state index in [4.69, 9.17) is 22.3 Å². The lowest BCUT2D eigenvalue weighted by Gasteiger charge is -2.26. The van der Waals surface area contributed by atoms with Gasteiger partial charge in [0, 0.05) is 19.4 Å². The van der Waals surface area contributed by atoms with Crippen molar-refractivity contribution in [2.75, 3.05) is 6.54 Å². The molecule has 0 radical (unpaired) electrons. The van der Waals surface area contributed by atoms with Crippen molar-refractivity contribution in [3.8, 4) is 0 Å². The van der Waals surface area contributed by atoms with Crippen molar-refractivity contribution in [2.24, 2.45) is 22.2 Å². The highest BCUT2D eigenvalue weighted by atomic mass is 16.4. The van der Waals surface area contributed by atoms with E-state index in [1.54, 1.807) is 30.3 Å². The standard InChI is InChI=1S/C30H45N9O10/c1-16(15-40)35-27(47)20(9-6-12-34-30(32)33)38-29(49)22(13-18-7-4-3-5-8-18)39-28(48)21(10-11-23(41)42)37-25(45)17(2)36-26(46)19(31)14-24(43)44/h3-5,7-8,15-17,19-22H,6,9-14,31H2,1-2H3,(H,35,47)(H,36,46)(H,37,45)(H,38,49)(H,39,48)(H,41,42)(H,43,44)(H4,32,33,34)/t16-,17-,19-,20-,21-,22-/m0/s1. The van der Waals surface area contributed by atoms with Crippen molar-refractivity contribution in [1.29, 1.82) is 0 Å². The Labute approximate surface area is 282 Å². The van der Waals surface area contributed by atoms with Crippen LogP contribution in [0, 0.1) is 0 Å². The number of hydrogen-bond donors (Lipinski definition) is 10. The Bertz CT molecular complexity index is 1350. The Balaban J connectivity index is 3.26. The lowest BCUT2D eigenvalue weighted by molar-refractivity contribution is -0.140. The number of aldehydes is 1. The molecule has 1 aromatic carbocycles. The van der Waals surface area contributed by atoms with Crippen molar-refractivity contribution in [1.82, 2.24) is 26.6 Å². The van der Waals surface area contributed by atoms with Crippen LogP contribution in [0.15, 0.2) is 35.3 Å². The Kier molecular flexibility index (Phi) is 18.0. The van der Waals surface area contributed by atoms with E-state index in [1.807, 2.05) is 0 Å². The van der Waals surface area contributed by atoms with Crippen LogP contribution in [0.3, 0.4) is 0 Å². The summed E-state index contributed by atoms with van der Waals surface area (Å²) in [4.78, 5) is 102. The summed E-state index contributed by atoms with van der Waals surface area (Å²) in [5, 5.41) is 30.2. The van der Waals surface area contributed by atoms with Crippen LogP contribution in [0.4, 0.5) is 0 Å². The maximum absolute atomic E-state index is 13.6. The fourth-order valence-corrected chi connectivity index (χ4v) is 4.24. The molecule has 19 heteroatoms.